The lowest BCUT2D eigenvalue weighted by molar-refractivity contribution is 0.143. The summed E-state index contributed by atoms with van der Waals surface area (Å²) in [5.74, 6) is 0.457. The maximum atomic E-state index is 13.0. The highest BCUT2D eigenvalue weighted by Gasteiger charge is 2.17. The number of nitrogens with zero attached hydrogens (tertiary/aromatic N) is 3. The van der Waals surface area contributed by atoms with Crippen molar-refractivity contribution in [2.24, 2.45) is 0 Å². The van der Waals surface area contributed by atoms with Gasteiger partial charge in [-0.2, -0.15) is 5.10 Å². The van der Waals surface area contributed by atoms with E-state index in [1.165, 1.54) is 12.3 Å². The number of aryl methyl sites for hydroxylation is 1. The smallest absolute Gasteiger partial charge is 0.280 e. The minimum atomic E-state index is -2.62. The zero-order valence-corrected chi connectivity index (χ0v) is 9.47. The lowest BCUT2D eigenvalue weighted by Gasteiger charge is -2.05. The molecule has 0 unspecified atom stereocenters. The van der Waals surface area contributed by atoms with Crippen LogP contribution in [0, 0.1) is 6.92 Å². The molecule has 3 aromatic heterocycles. The minimum Gasteiger partial charge on any atom is -0.463 e. The molecule has 92 valence electrons. The fourth-order valence-corrected chi connectivity index (χ4v) is 1.82. The van der Waals surface area contributed by atoms with Gasteiger partial charge in [0.25, 0.3) is 6.43 Å². The number of hydrogen-bond acceptors (Lipinski definition) is 3. The first-order valence-corrected chi connectivity index (χ1v) is 5.34. The maximum absolute atomic E-state index is 13.0. The van der Waals surface area contributed by atoms with E-state index in [1.54, 1.807) is 25.1 Å². The molecule has 0 saturated heterocycles. The van der Waals surface area contributed by atoms with E-state index in [4.69, 9.17) is 4.42 Å². The lowest BCUT2D eigenvalue weighted by atomic mass is 10.2. The number of rotatable bonds is 2. The number of alkyl halides is 2. The van der Waals surface area contributed by atoms with E-state index in [0.717, 1.165) is 4.52 Å². The van der Waals surface area contributed by atoms with Crippen LogP contribution in [-0.4, -0.2) is 14.6 Å². The monoisotopic (exact) mass is 249 g/mol. The maximum Gasteiger partial charge on any atom is 0.280 e. The molecule has 0 aliphatic heterocycles. The zero-order chi connectivity index (χ0) is 12.7. The zero-order valence-electron chi connectivity index (χ0n) is 9.47. The van der Waals surface area contributed by atoms with Crippen molar-refractivity contribution in [1.29, 1.82) is 0 Å². The Kier molecular flexibility index (Phi) is 2.36. The van der Waals surface area contributed by atoms with Crippen molar-refractivity contribution in [3.63, 3.8) is 0 Å². The third kappa shape index (κ3) is 1.66. The molecule has 0 saturated carbocycles. The third-order valence-corrected chi connectivity index (χ3v) is 2.57. The van der Waals surface area contributed by atoms with Gasteiger partial charge in [-0.05, 0) is 25.1 Å². The quantitative estimate of drug-likeness (QED) is 0.700. The van der Waals surface area contributed by atoms with Crippen LogP contribution in [0.3, 0.4) is 0 Å². The standard InChI is InChI=1S/C12H9F2N3O/c1-7-5-11-15-8(10-3-2-4-18-10)6-9(12(13)14)17(11)16-7/h2-6,12H,1H3. The van der Waals surface area contributed by atoms with Gasteiger partial charge < -0.3 is 4.42 Å². The van der Waals surface area contributed by atoms with E-state index in [1.807, 2.05) is 0 Å². The highest BCUT2D eigenvalue weighted by atomic mass is 19.3. The molecule has 4 nitrogen and oxygen atoms in total. The molecule has 6 heteroatoms. The summed E-state index contributed by atoms with van der Waals surface area (Å²) >= 11 is 0. The number of furan rings is 1. The molecule has 0 bridgehead atoms. The van der Waals surface area contributed by atoms with Crippen LogP contribution in [0.25, 0.3) is 17.1 Å². The molecule has 0 radical (unpaired) electrons. The number of aromatic nitrogens is 3. The fraction of sp³-hybridized carbons (Fsp3) is 0.167. The van der Waals surface area contributed by atoms with Crippen molar-refractivity contribution in [3.8, 4) is 11.5 Å². The van der Waals surface area contributed by atoms with Gasteiger partial charge in [0.1, 0.15) is 11.4 Å². The first-order chi connectivity index (χ1) is 8.65. The van der Waals surface area contributed by atoms with E-state index in [2.05, 4.69) is 10.1 Å². The van der Waals surface area contributed by atoms with Gasteiger partial charge in [0, 0.05) is 6.07 Å². The molecular weight excluding hydrogens is 240 g/mol. The second kappa shape index (κ2) is 3.90. The summed E-state index contributed by atoms with van der Waals surface area (Å²) in [5, 5.41) is 4.00. The van der Waals surface area contributed by atoms with E-state index >= 15 is 0 Å². The van der Waals surface area contributed by atoms with Gasteiger partial charge in [-0.25, -0.2) is 18.3 Å². The molecule has 0 aliphatic rings. The van der Waals surface area contributed by atoms with Gasteiger partial charge in [0.15, 0.2) is 11.4 Å². The van der Waals surface area contributed by atoms with Crippen LogP contribution < -0.4 is 0 Å². The number of halogens is 2. The summed E-state index contributed by atoms with van der Waals surface area (Å²) in [6.45, 7) is 1.73. The average Bonchev–Trinajstić information content (AvgIpc) is 2.93. The van der Waals surface area contributed by atoms with Crippen molar-refractivity contribution in [3.05, 3.63) is 41.9 Å². The largest absolute Gasteiger partial charge is 0.463 e. The van der Waals surface area contributed by atoms with E-state index < -0.39 is 6.43 Å². The van der Waals surface area contributed by atoms with Crippen LogP contribution in [0.2, 0.25) is 0 Å². The van der Waals surface area contributed by atoms with Crippen LogP contribution in [0.1, 0.15) is 17.8 Å². The highest BCUT2D eigenvalue weighted by molar-refractivity contribution is 5.57. The molecule has 0 spiro atoms. The predicted molar refractivity (Wildman–Crippen MR) is 60.4 cm³/mol. The molecule has 3 aromatic rings. The summed E-state index contributed by atoms with van der Waals surface area (Å²) in [5.41, 5.74) is 1.21. The first kappa shape index (κ1) is 10.9. The second-order valence-electron chi connectivity index (χ2n) is 3.90. The Bertz CT molecular complexity index is 689. The molecule has 0 aliphatic carbocycles. The molecule has 0 N–H and O–H groups in total. The minimum absolute atomic E-state index is 0.195. The van der Waals surface area contributed by atoms with Gasteiger partial charge in [0.2, 0.25) is 0 Å². The first-order valence-electron chi connectivity index (χ1n) is 5.34. The Labute approximate surface area is 101 Å². The average molecular weight is 249 g/mol. The van der Waals surface area contributed by atoms with Gasteiger partial charge in [-0.3, -0.25) is 0 Å². The van der Waals surface area contributed by atoms with Crippen molar-refractivity contribution in [2.75, 3.05) is 0 Å². The molecule has 0 fully saturated rings. The highest BCUT2D eigenvalue weighted by Crippen LogP contribution is 2.25. The van der Waals surface area contributed by atoms with E-state index in [-0.39, 0.29) is 5.69 Å². The molecule has 18 heavy (non-hydrogen) atoms. The summed E-state index contributed by atoms with van der Waals surface area (Å²) in [7, 11) is 0. The second-order valence-corrected chi connectivity index (χ2v) is 3.90. The van der Waals surface area contributed by atoms with Crippen LogP contribution in [0.5, 0.6) is 0 Å². The summed E-state index contributed by atoms with van der Waals surface area (Å²) in [4.78, 5) is 4.25. The van der Waals surface area contributed by atoms with Crippen LogP contribution in [0.4, 0.5) is 8.78 Å². The molecule has 3 heterocycles. The Balaban J connectivity index is 2.29. The van der Waals surface area contributed by atoms with Crippen LogP contribution in [-0.2, 0) is 0 Å². The predicted octanol–water partition coefficient (Wildman–Crippen LogP) is 3.24. The van der Waals surface area contributed by atoms with Crippen molar-refractivity contribution < 1.29 is 13.2 Å². The van der Waals surface area contributed by atoms with E-state index in [9.17, 15) is 8.78 Å². The van der Waals surface area contributed by atoms with Crippen molar-refractivity contribution in [1.82, 2.24) is 14.6 Å². The summed E-state index contributed by atoms with van der Waals surface area (Å²) in [6, 6.07) is 6.31. The van der Waals surface area contributed by atoms with Crippen LogP contribution >= 0.6 is 0 Å². The molecular formula is C12H9F2N3O. The number of fused-ring (bicyclic) bond motifs is 1. The Hall–Kier alpha value is -2.24. The summed E-state index contributed by atoms with van der Waals surface area (Å²) in [6.07, 6.45) is -1.14. The van der Waals surface area contributed by atoms with E-state index in [0.29, 0.717) is 22.8 Å². The fourth-order valence-electron chi connectivity index (χ4n) is 1.82. The molecule has 0 aromatic carbocycles. The van der Waals surface area contributed by atoms with Crippen molar-refractivity contribution in [2.45, 2.75) is 13.3 Å². The van der Waals surface area contributed by atoms with Gasteiger partial charge in [-0.15, -0.1) is 0 Å². The molecule has 0 amide bonds. The third-order valence-electron chi connectivity index (χ3n) is 2.57. The molecule has 3 rings (SSSR count). The van der Waals surface area contributed by atoms with Crippen LogP contribution in [0.15, 0.2) is 34.9 Å². The van der Waals surface area contributed by atoms with Crippen molar-refractivity contribution >= 4 is 5.65 Å². The van der Waals surface area contributed by atoms with Gasteiger partial charge >= 0.3 is 0 Å². The summed E-state index contributed by atoms with van der Waals surface area (Å²) < 4.78 is 32.3. The lowest BCUT2D eigenvalue weighted by Crippen LogP contribution is -2.02. The molecule has 0 atom stereocenters. The Morgan fingerprint density at radius 3 is 2.83 bits per heavy atom. The Morgan fingerprint density at radius 1 is 1.33 bits per heavy atom. The normalized spacial score (nSPS) is 11.6. The topological polar surface area (TPSA) is 43.3 Å². The van der Waals surface area contributed by atoms with Gasteiger partial charge in [-0.1, -0.05) is 0 Å². The van der Waals surface area contributed by atoms with Gasteiger partial charge in [0.05, 0.1) is 12.0 Å². The SMILES string of the molecule is Cc1cc2nc(-c3ccco3)cc(C(F)F)n2n1. The Morgan fingerprint density at radius 2 is 2.17 bits per heavy atom. The number of hydrogen-bond donors (Lipinski definition) is 0.